The van der Waals surface area contributed by atoms with Crippen molar-refractivity contribution in [2.75, 3.05) is 38.2 Å². The fourth-order valence-electron chi connectivity index (χ4n) is 3.39. The van der Waals surface area contributed by atoms with E-state index in [-0.39, 0.29) is 0 Å². The zero-order valence-corrected chi connectivity index (χ0v) is 15.8. The van der Waals surface area contributed by atoms with Gasteiger partial charge in [0.1, 0.15) is 11.8 Å². The number of benzene rings is 2. The van der Waals surface area contributed by atoms with E-state index in [4.69, 9.17) is 4.74 Å². The van der Waals surface area contributed by atoms with Crippen molar-refractivity contribution in [1.82, 2.24) is 19.9 Å². The minimum Gasteiger partial charge on any atom is -0.497 e. The summed E-state index contributed by atoms with van der Waals surface area (Å²) in [7, 11) is 1.62. The highest BCUT2D eigenvalue weighted by atomic mass is 16.5. The Balaban J connectivity index is 1.47. The van der Waals surface area contributed by atoms with Crippen LogP contribution in [0.15, 0.2) is 54.6 Å². The zero-order chi connectivity index (χ0) is 19.3. The number of hydrogen-bond donors (Lipinski definition) is 0. The Kier molecular flexibility index (Phi) is 5.22. The van der Waals surface area contributed by atoms with Gasteiger partial charge >= 0.3 is 0 Å². The molecular weight excluding hydrogens is 352 g/mol. The van der Waals surface area contributed by atoms with Crippen molar-refractivity contribution in [3.05, 3.63) is 65.9 Å². The average Bonchev–Trinajstić information content (AvgIpc) is 3.20. The second kappa shape index (κ2) is 8.11. The smallest absolute Gasteiger partial charge is 0.207 e. The molecule has 1 fully saturated rings. The van der Waals surface area contributed by atoms with Gasteiger partial charge in [0.15, 0.2) is 5.82 Å². The van der Waals surface area contributed by atoms with Crippen molar-refractivity contribution < 1.29 is 4.74 Å². The van der Waals surface area contributed by atoms with E-state index in [1.807, 2.05) is 30.3 Å². The van der Waals surface area contributed by atoms with Gasteiger partial charge in [-0.25, -0.2) is 0 Å². The second-order valence-corrected chi connectivity index (χ2v) is 6.72. The summed E-state index contributed by atoms with van der Waals surface area (Å²) in [6.45, 7) is 4.42. The van der Waals surface area contributed by atoms with Crippen LogP contribution in [0.2, 0.25) is 0 Å². The number of ether oxygens (including phenoxy) is 1. The third kappa shape index (κ3) is 3.82. The Morgan fingerprint density at radius 2 is 1.79 bits per heavy atom. The summed E-state index contributed by atoms with van der Waals surface area (Å²) in [6, 6.07) is 20.2. The molecule has 2 heterocycles. The molecule has 0 radical (unpaired) electrons. The molecule has 7 nitrogen and oxygen atoms in total. The first-order valence-corrected chi connectivity index (χ1v) is 9.30. The molecule has 142 valence electrons. The lowest BCUT2D eigenvalue weighted by atomic mass is 10.2. The number of nitrogens with zero attached hydrogens (tertiary/aromatic N) is 6. The van der Waals surface area contributed by atoms with Crippen molar-refractivity contribution in [2.45, 2.75) is 6.54 Å². The van der Waals surface area contributed by atoms with Gasteiger partial charge in [0.25, 0.3) is 0 Å². The lowest BCUT2D eigenvalue weighted by molar-refractivity contribution is 0.249. The van der Waals surface area contributed by atoms with E-state index in [9.17, 15) is 5.26 Å². The average molecular weight is 374 g/mol. The number of methoxy groups -OCH3 is 1. The summed E-state index contributed by atoms with van der Waals surface area (Å²) in [4.78, 5) is 6.07. The summed E-state index contributed by atoms with van der Waals surface area (Å²) >= 11 is 0. The Labute approximate surface area is 164 Å². The Hall–Kier alpha value is -3.37. The maximum Gasteiger partial charge on any atom is 0.207 e. The SMILES string of the molecule is COc1cccc(-n2nc(C#N)c(N3CCN(Cc4ccccc4)CC3)n2)c1. The third-order valence-corrected chi connectivity index (χ3v) is 4.91. The number of nitriles is 1. The normalized spacial score (nSPS) is 14.6. The fraction of sp³-hybridized carbons (Fsp3) is 0.286. The highest BCUT2D eigenvalue weighted by molar-refractivity contribution is 5.51. The Morgan fingerprint density at radius 1 is 1.00 bits per heavy atom. The van der Waals surface area contributed by atoms with Crippen LogP contribution in [0.1, 0.15) is 11.3 Å². The minimum atomic E-state index is 0.347. The Morgan fingerprint density at radius 3 is 2.50 bits per heavy atom. The molecule has 0 N–H and O–H groups in total. The van der Waals surface area contributed by atoms with Crippen molar-refractivity contribution in [2.24, 2.45) is 0 Å². The number of rotatable bonds is 5. The van der Waals surface area contributed by atoms with Gasteiger partial charge in [-0.3, -0.25) is 4.90 Å². The van der Waals surface area contributed by atoms with Crippen LogP contribution in [0.25, 0.3) is 5.69 Å². The molecule has 0 unspecified atom stereocenters. The predicted octanol–water partition coefficient (Wildman–Crippen LogP) is 2.47. The predicted molar refractivity (Wildman–Crippen MR) is 107 cm³/mol. The number of hydrogen-bond acceptors (Lipinski definition) is 6. The summed E-state index contributed by atoms with van der Waals surface area (Å²) in [6.07, 6.45) is 0. The topological polar surface area (TPSA) is 70.2 Å². The maximum atomic E-state index is 9.53. The molecule has 0 spiro atoms. The van der Waals surface area contributed by atoms with Gasteiger partial charge in [-0.05, 0) is 17.7 Å². The molecule has 0 bridgehead atoms. The molecule has 7 heteroatoms. The van der Waals surface area contributed by atoms with Crippen molar-refractivity contribution in [3.63, 3.8) is 0 Å². The van der Waals surface area contributed by atoms with E-state index >= 15 is 0 Å². The van der Waals surface area contributed by atoms with Crippen LogP contribution in [0.4, 0.5) is 5.82 Å². The molecular formula is C21H22N6O. The van der Waals surface area contributed by atoms with E-state index in [2.05, 4.69) is 50.3 Å². The molecule has 0 atom stereocenters. The molecule has 1 saturated heterocycles. The van der Waals surface area contributed by atoms with Gasteiger partial charge in [0.05, 0.1) is 12.8 Å². The number of piperazine rings is 1. The van der Waals surface area contributed by atoms with Crippen LogP contribution < -0.4 is 9.64 Å². The quantitative estimate of drug-likeness (QED) is 0.683. The van der Waals surface area contributed by atoms with Crippen molar-refractivity contribution >= 4 is 5.82 Å². The van der Waals surface area contributed by atoms with Crippen LogP contribution in [0.3, 0.4) is 0 Å². The minimum absolute atomic E-state index is 0.347. The van der Waals surface area contributed by atoms with Gasteiger partial charge in [0.2, 0.25) is 5.69 Å². The third-order valence-electron chi connectivity index (χ3n) is 4.91. The lowest BCUT2D eigenvalue weighted by Crippen LogP contribution is -2.46. The molecule has 1 aliphatic rings. The first-order chi connectivity index (χ1) is 13.8. The van der Waals surface area contributed by atoms with Crippen molar-refractivity contribution in [3.8, 4) is 17.5 Å². The van der Waals surface area contributed by atoms with Gasteiger partial charge in [-0.15, -0.1) is 15.0 Å². The van der Waals surface area contributed by atoms with E-state index in [0.29, 0.717) is 11.5 Å². The fourth-order valence-corrected chi connectivity index (χ4v) is 3.39. The lowest BCUT2D eigenvalue weighted by Gasteiger charge is -2.34. The summed E-state index contributed by atoms with van der Waals surface area (Å²) in [5.74, 6) is 1.37. The maximum absolute atomic E-state index is 9.53. The van der Waals surface area contributed by atoms with E-state index in [1.165, 1.54) is 10.4 Å². The van der Waals surface area contributed by atoms with Crippen LogP contribution in [-0.4, -0.2) is 53.2 Å². The van der Waals surface area contributed by atoms with E-state index < -0.39 is 0 Å². The molecule has 0 aliphatic carbocycles. The highest BCUT2D eigenvalue weighted by Gasteiger charge is 2.23. The number of anilines is 1. The molecule has 1 aromatic heterocycles. The standard InChI is InChI=1S/C21H22N6O/c1-28-19-9-5-8-18(14-19)27-23-20(15-22)21(24-27)26-12-10-25(11-13-26)16-17-6-3-2-4-7-17/h2-9,14H,10-13,16H2,1H3. The molecule has 2 aromatic carbocycles. The molecule has 28 heavy (non-hydrogen) atoms. The Bertz CT molecular complexity index is 970. The van der Waals surface area contributed by atoms with E-state index in [1.54, 1.807) is 7.11 Å². The van der Waals surface area contributed by atoms with Crippen LogP contribution >= 0.6 is 0 Å². The second-order valence-electron chi connectivity index (χ2n) is 6.72. The highest BCUT2D eigenvalue weighted by Crippen LogP contribution is 2.21. The summed E-state index contributed by atoms with van der Waals surface area (Å²) in [5.41, 5.74) is 2.43. The zero-order valence-electron chi connectivity index (χ0n) is 15.8. The van der Waals surface area contributed by atoms with E-state index in [0.717, 1.165) is 44.2 Å². The molecule has 0 amide bonds. The van der Waals surface area contributed by atoms with Crippen LogP contribution in [-0.2, 0) is 6.54 Å². The van der Waals surface area contributed by atoms with Gasteiger partial charge in [-0.2, -0.15) is 5.26 Å². The molecule has 4 rings (SSSR count). The number of aromatic nitrogens is 3. The summed E-state index contributed by atoms with van der Waals surface area (Å²) < 4.78 is 5.27. The first kappa shape index (κ1) is 18.0. The van der Waals surface area contributed by atoms with Crippen LogP contribution in [0, 0.1) is 11.3 Å². The first-order valence-electron chi connectivity index (χ1n) is 9.30. The monoisotopic (exact) mass is 374 g/mol. The molecule has 1 aliphatic heterocycles. The van der Waals surface area contributed by atoms with Gasteiger partial charge in [0, 0.05) is 38.8 Å². The van der Waals surface area contributed by atoms with Gasteiger partial charge < -0.3 is 9.64 Å². The molecule has 3 aromatic rings. The largest absolute Gasteiger partial charge is 0.497 e. The summed E-state index contributed by atoms with van der Waals surface area (Å²) in [5, 5.41) is 18.5. The van der Waals surface area contributed by atoms with Crippen LogP contribution in [0.5, 0.6) is 5.75 Å². The molecule has 0 saturated carbocycles. The van der Waals surface area contributed by atoms with Gasteiger partial charge in [-0.1, -0.05) is 36.4 Å². The van der Waals surface area contributed by atoms with Crippen molar-refractivity contribution in [1.29, 1.82) is 5.26 Å².